The van der Waals surface area contributed by atoms with Crippen LogP contribution in [-0.4, -0.2) is 37.2 Å². The molecule has 1 saturated heterocycles. The molecule has 0 spiro atoms. The molecule has 2 nitrogen and oxygen atoms in total. The molecule has 2 aliphatic rings. The standard InChI is InChI=1S/C11H21NO/c1-13-9-11-7-4-8-12(11)10-5-2-3-6-10/h10-11H,2-9H2,1H3. The molecule has 2 fully saturated rings. The number of hydrogen-bond acceptors (Lipinski definition) is 2. The van der Waals surface area contributed by atoms with Crippen LogP contribution < -0.4 is 0 Å². The molecule has 0 aromatic rings. The summed E-state index contributed by atoms with van der Waals surface area (Å²) in [6.45, 7) is 2.26. The SMILES string of the molecule is COCC1CCCN1C1CCCC1. The Kier molecular flexibility index (Phi) is 3.23. The summed E-state index contributed by atoms with van der Waals surface area (Å²) in [5, 5.41) is 0. The third kappa shape index (κ3) is 2.05. The summed E-state index contributed by atoms with van der Waals surface area (Å²) in [5.41, 5.74) is 0. The Balaban J connectivity index is 1.88. The molecule has 1 aliphatic heterocycles. The molecule has 1 heterocycles. The highest BCUT2D eigenvalue weighted by molar-refractivity contribution is 4.87. The fourth-order valence-electron chi connectivity index (χ4n) is 2.95. The van der Waals surface area contributed by atoms with Crippen LogP contribution >= 0.6 is 0 Å². The van der Waals surface area contributed by atoms with Crippen LogP contribution in [0.15, 0.2) is 0 Å². The maximum Gasteiger partial charge on any atom is 0.0618 e. The first kappa shape index (κ1) is 9.47. The summed E-state index contributed by atoms with van der Waals surface area (Å²) in [5.74, 6) is 0. The zero-order chi connectivity index (χ0) is 9.10. The van der Waals surface area contributed by atoms with E-state index in [0.717, 1.165) is 18.7 Å². The third-order valence-corrected chi connectivity index (χ3v) is 3.58. The van der Waals surface area contributed by atoms with Gasteiger partial charge >= 0.3 is 0 Å². The molecular weight excluding hydrogens is 162 g/mol. The molecule has 13 heavy (non-hydrogen) atoms. The van der Waals surface area contributed by atoms with Gasteiger partial charge in [-0.25, -0.2) is 0 Å². The quantitative estimate of drug-likeness (QED) is 0.664. The predicted molar refractivity (Wildman–Crippen MR) is 53.9 cm³/mol. The molecule has 0 bridgehead atoms. The van der Waals surface area contributed by atoms with Crippen LogP contribution in [0.25, 0.3) is 0 Å². The lowest BCUT2D eigenvalue weighted by molar-refractivity contribution is 0.0903. The lowest BCUT2D eigenvalue weighted by atomic mass is 10.1. The second-order valence-corrected chi connectivity index (χ2v) is 4.43. The first-order chi connectivity index (χ1) is 6.42. The number of rotatable bonds is 3. The molecule has 1 unspecified atom stereocenters. The lowest BCUT2D eigenvalue weighted by Gasteiger charge is -2.29. The van der Waals surface area contributed by atoms with Gasteiger partial charge in [-0.1, -0.05) is 12.8 Å². The molecule has 0 radical (unpaired) electrons. The lowest BCUT2D eigenvalue weighted by Crippen LogP contribution is -2.39. The normalized spacial score (nSPS) is 31.6. The van der Waals surface area contributed by atoms with E-state index >= 15 is 0 Å². The van der Waals surface area contributed by atoms with Gasteiger partial charge in [0.1, 0.15) is 0 Å². The van der Waals surface area contributed by atoms with Gasteiger partial charge in [0.15, 0.2) is 0 Å². The summed E-state index contributed by atoms with van der Waals surface area (Å²) in [4.78, 5) is 2.70. The Labute approximate surface area is 81.3 Å². The van der Waals surface area contributed by atoms with E-state index in [1.807, 2.05) is 7.11 Å². The number of likely N-dealkylation sites (tertiary alicyclic amines) is 1. The molecule has 1 aliphatic carbocycles. The third-order valence-electron chi connectivity index (χ3n) is 3.58. The fraction of sp³-hybridized carbons (Fsp3) is 1.00. The van der Waals surface area contributed by atoms with Crippen molar-refractivity contribution in [3.63, 3.8) is 0 Å². The average molecular weight is 183 g/mol. The van der Waals surface area contributed by atoms with E-state index in [2.05, 4.69) is 4.90 Å². The van der Waals surface area contributed by atoms with E-state index in [4.69, 9.17) is 4.74 Å². The minimum Gasteiger partial charge on any atom is -0.383 e. The monoisotopic (exact) mass is 183 g/mol. The summed E-state index contributed by atoms with van der Waals surface area (Å²) in [7, 11) is 1.82. The Morgan fingerprint density at radius 3 is 2.62 bits per heavy atom. The van der Waals surface area contributed by atoms with Crippen LogP contribution in [0.5, 0.6) is 0 Å². The van der Waals surface area contributed by atoms with Crippen molar-refractivity contribution < 1.29 is 4.74 Å². The molecule has 1 atom stereocenters. The molecule has 76 valence electrons. The smallest absolute Gasteiger partial charge is 0.0618 e. The highest BCUT2D eigenvalue weighted by Crippen LogP contribution is 2.29. The zero-order valence-electron chi connectivity index (χ0n) is 8.67. The minimum absolute atomic E-state index is 0.730. The number of hydrogen-bond donors (Lipinski definition) is 0. The molecule has 1 saturated carbocycles. The van der Waals surface area contributed by atoms with Crippen LogP contribution in [0.4, 0.5) is 0 Å². The average Bonchev–Trinajstić information content (AvgIpc) is 2.71. The second-order valence-electron chi connectivity index (χ2n) is 4.43. The zero-order valence-corrected chi connectivity index (χ0v) is 8.67. The van der Waals surface area contributed by atoms with Gasteiger partial charge in [0.05, 0.1) is 6.61 Å². The van der Waals surface area contributed by atoms with E-state index in [9.17, 15) is 0 Å². The highest BCUT2D eigenvalue weighted by Gasteiger charge is 2.31. The summed E-state index contributed by atoms with van der Waals surface area (Å²) < 4.78 is 5.27. The molecule has 0 aromatic carbocycles. The Morgan fingerprint density at radius 1 is 1.15 bits per heavy atom. The van der Waals surface area contributed by atoms with E-state index in [-0.39, 0.29) is 0 Å². The van der Waals surface area contributed by atoms with Crippen LogP contribution in [0.1, 0.15) is 38.5 Å². The van der Waals surface area contributed by atoms with E-state index in [1.54, 1.807) is 0 Å². The highest BCUT2D eigenvalue weighted by atomic mass is 16.5. The van der Waals surface area contributed by atoms with Crippen molar-refractivity contribution in [3.8, 4) is 0 Å². The minimum atomic E-state index is 0.730. The number of nitrogens with zero attached hydrogens (tertiary/aromatic N) is 1. The van der Waals surface area contributed by atoms with E-state index in [1.165, 1.54) is 45.1 Å². The topological polar surface area (TPSA) is 12.5 Å². The first-order valence-electron chi connectivity index (χ1n) is 5.66. The van der Waals surface area contributed by atoms with Crippen LogP contribution in [0.2, 0.25) is 0 Å². The number of methoxy groups -OCH3 is 1. The van der Waals surface area contributed by atoms with Crippen molar-refractivity contribution in [2.24, 2.45) is 0 Å². The number of ether oxygens (including phenoxy) is 1. The van der Waals surface area contributed by atoms with Gasteiger partial charge in [-0.2, -0.15) is 0 Å². The van der Waals surface area contributed by atoms with Crippen LogP contribution in [-0.2, 0) is 4.74 Å². The van der Waals surface area contributed by atoms with Crippen molar-refractivity contribution in [1.82, 2.24) is 4.90 Å². The summed E-state index contributed by atoms with van der Waals surface area (Å²) in [6.07, 6.45) is 8.48. The van der Waals surface area contributed by atoms with Crippen molar-refractivity contribution in [2.45, 2.75) is 50.6 Å². The largest absolute Gasteiger partial charge is 0.383 e. The van der Waals surface area contributed by atoms with Gasteiger partial charge in [-0.05, 0) is 32.2 Å². The van der Waals surface area contributed by atoms with Gasteiger partial charge < -0.3 is 4.74 Å². The van der Waals surface area contributed by atoms with Crippen molar-refractivity contribution in [3.05, 3.63) is 0 Å². The summed E-state index contributed by atoms with van der Waals surface area (Å²) in [6, 6.07) is 1.62. The van der Waals surface area contributed by atoms with Crippen LogP contribution in [0, 0.1) is 0 Å². The Bertz CT molecular complexity index is 154. The van der Waals surface area contributed by atoms with Crippen molar-refractivity contribution in [2.75, 3.05) is 20.3 Å². The Morgan fingerprint density at radius 2 is 1.92 bits per heavy atom. The van der Waals surface area contributed by atoms with Gasteiger partial charge in [0, 0.05) is 19.2 Å². The molecule has 2 rings (SSSR count). The second kappa shape index (κ2) is 4.43. The molecular formula is C11H21NO. The van der Waals surface area contributed by atoms with E-state index < -0.39 is 0 Å². The van der Waals surface area contributed by atoms with E-state index in [0.29, 0.717) is 0 Å². The van der Waals surface area contributed by atoms with Gasteiger partial charge in [-0.3, -0.25) is 4.90 Å². The Hall–Kier alpha value is -0.0800. The maximum atomic E-state index is 5.27. The van der Waals surface area contributed by atoms with Gasteiger partial charge in [0.2, 0.25) is 0 Å². The molecule has 0 amide bonds. The first-order valence-corrected chi connectivity index (χ1v) is 5.66. The summed E-state index contributed by atoms with van der Waals surface area (Å²) >= 11 is 0. The van der Waals surface area contributed by atoms with Crippen molar-refractivity contribution >= 4 is 0 Å². The molecule has 2 heteroatoms. The molecule has 0 N–H and O–H groups in total. The van der Waals surface area contributed by atoms with Gasteiger partial charge in [-0.15, -0.1) is 0 Å². The van der Waals surface area contributed by atoms with Gasteiger partial charge in [0.25, 0.3) is 0 Å². The van der Waals surface area contributed by atoms with Crippen molar-refractivity contribution in [1.29, 1.82) is 0 Å². The van der Waals surface area contributed by atoms with Crippen LogP contribution in [0.3, 0.4) is 0 Å². The predicted octanol–water partition coefficient (Wildman–Crippen LogP) is 2.04. The molecule has 0 aromatic heterocycles. The maximum absolute atomic E-state index is 5.27. The fourth-order valence-corrected chi connectivity index (χ4v) is 2.95.